The Morgan fingerprint density at radius 1 is 1.24 bits per heavy atom. The van der Waals surface area contributed by atoms with Crippen molar-refractivity contribution in [2.45, 2.75) is 33.0 Å². The zero-order valence-corrected chi connectivity index (χ0v) is 23.7. The second kappa shape index (κ2) is 11.0. The summed E-state index contributed by atoms with van der Waals surface area (Å²) in [6.07, 6.45) is 2.90. The number of thiophene rings is 1. The third-order valence-corrected chi connectivity index (χ3v) is 8.07. The number of halogens is 2. The van der Waals surface area contributed by atoms with Gasteiger partial charge in [-0.15, -0.1) is 11.3 Å². The summed E-state index contributed by atoms with van der Waals surface area (Å²) in [5, 5.41) is 25.0. The first-order valence-electron chi connectivity index (χ1n) is 13.2. The maximum Gasteiger partial charge on any atom is 0.246 e. The lowest BCUT2D eigenvalue weighted by atomic mass is 9.96. The maximum atomic E-state index is 15.8. The summed E-state index contributed by atoms with van der Waals surface area (Å²) < 4.78 is 38.3. The first kappa shape index (κ1) is 27.6. The zero-order chi connectivity index (χ0) is 29.5. The van der Waals surface area contributed by atoms with Gasteiger partial charge in [-0.05, 0) is 43.5 Å². The number of rotatable bonds is 7. The molecule has 0 saturated carbocycles. The molecule has 12 heteroatoms. The largest absolute Gasteiger partial charge is 0.490 e. The second-order valence-corrected chi connectivity index (χ2v) is 10.9. The van der Waals surface area contributed by atoms with Crippen LogP contribution in [0.3, 0.4) is 0 Å². The zero-order valence-electron chi connectivity index (χ0n) is 22.8. The van der Waals surface area contributed by atoms with Crippen molar-refractivity contribution >= 4 is 27.3 Å². The van der Waals surface area contributed by atoms with Crippen LogP contribution in [0.1, 0.15) is 18.3 Å². The van der Waals surface area contributed by atoms with Crippen molar-refractivity contribution in [2.24, 2.45) is 0 Å². The Hall–Kier alpha value is -4.55. The highest BCUT2D eigenvalue weighted by Crippen LogP contribution is 2.47. The number of carbonyl (C=O) groups is 1. The number of hydrogen-bond donors (Lipinski definition) is 1. The number of aromatic nitrogens is 5. The van der Waals surface area contributed by atoms with E-state index in [1.54, 1.807) is 11.1 Å². The molecule has 1 aromatic carbocycles. The molecule has 1 aliphatic rings. The van der Waals surface area contributed by atoms with Gasteiger partial charge in [0.1, 0.15) is 35.4 Å². The lowest BCUT2D eigenvalue weighted by molar-refractivity contribution is -0.129. The highest BCUT2D eigenvalue weighted by Gasteiger charge is 2.30. The summed E-state index contributed by atoms with van der Waals surface area (Å²) >= 11 is 1.38. The van der Waals surface area contributed by atoms with Gasteiger partial charge < -0.3 is 14.7 Å². The third kappa shape index (κ3) is 4.82. The van der Waals surface area contributed by atoms with Crippen LogP contribution in [-0.4, -0.2) is 60.1 Å². The number of ether oxygens (including phenoxy) is 1. The van der Waals surface area contributed by atoms with E-state index in [2.05, 4.69) is 16.8 Å². The van der Waals surface area contributed by atoms with Gasteiger partial charge in [-0.25, -0.2) is 13.8 Å². The van der Waals surface area contributed by atoms with E-state index < -0.39 is 11.6 Å². The van der Waals surface area contributed by atoms with Crippen LogP contribution in [0, 0.1) is 18.6 Å². The summed E-state index contributed by atoms with van der Waals surface area (Å²) in [5.41, 5.74) is 4.00. The number of amides is 1. The molecule has 1 aliphatic heterocycles. The standard InChI is InChI=1S/C30H26F2N6O3S/c1-4-25(40)37-15-20-12-23(36-38(20)14-17(37)3)29-27(26-22(32)10-19(31)11-24(26)41-7-6-39)30-21(5-8-42-30)28(34-29)18-9-16(2)35-33-13-18/h4-5,8-13,17,39H,1,6-7,14-15H2,2-3H3. The van der Waals surface area contributed by atoms with Gasteiger partial charge in [0.05, 0.1) is 48.5 Å². The molecule has 0 saturated heterocycles. The smallest absolute Gasteiger partial charge is 0.246 e. The third-order valence-electron chi connectivity index (χ3n) is 7.14. The van der Waals surface area contributed by atoms with Crippen LogP contribution in [0.5, 0.6) is 5.75 Å². The molecular weight excluding hydrogens is 562 g/mol. The molecule has 0 fully saturated rings. The number of aliphatic hydroxyl groups excluding tert-OH is 1. The number of carbonyl (C=O) groups excluding carboxylic acids is 1. The maximum absolute atomic E-state index is 15.8. The minimum Gasteiger partial charge on any atom is -0.490 e. The van der Waals surface area contributed by atoms with E-state index in [1.807, 2.05) is 42.1 Å². The molecule has 214 valence electrons. The Labute approximate surface area is 243 Å². The van der Waals surface area contributed by atoms with Gasteiger partial charge in [0.25, 0.3) is 0 Å². The van der Waals surface area contributed by atoms with E-state index >= 15 is 4.39 Å². The van der Waals surface area contributed by atoms with Crippen molar-refractivity contribution in [3.8, 4) is 39.5 Å². The number of benzene rings is 1. The van der Waals surface area contributed by atoms with Gasteiger partial charge >= 0.3 is 0 Å². The average molecular weight is 589 g/mol. The molecule has 6 rings (SSSR count). The van der Waals surface area contributed by atoms with Gasteiger partial charge in [-0.3, -0.25) is 9.48 Å². The van der Waals surface area contributed by atoms with Crippen molar-refractivity contribution in [2.75, 3.05) is 13.2 Å². The van der Waals surface area contributed by atoms with Gasteiger partial charge in [0.15, 0.2) is 0 Å². The molecule has 0 radical (unpaired) electrons. The Bertz CT molecular complexity index is 1850. The molecule has 1 atom stereocenters. The molecule has 0 bridgehead atoms. The first-order valence-corrected chi connectivity index (χ1v) is 14.1. The highest BCUT2D eigenvalue weighted by atomic mass is 32.1. The fourth-order valence-corrected chi connectivity index (χ4v) is 6.22. The minimum atomic E-state index is -0.838. The highest BCUT2D eigenvalue weighted by molar-refractivity contribution is 7.18. The normalized spacial score (nSPS) is 14.7. The van der Waals surface area contributed by atoms with E-state index in [0.717, 1.165) is 28.8 Å². The number of hydrogen-bond acceptors (Lipinski definition) is 8. The quantitative estimate of drug-likeness (QED) is 0.262. The molecule has 0 aliphatic carbocycles. The molecule has 1 N–H and O–H groups in total. The molecule has 1 unspecified atom stereocenters. The van der Waals surface area contributed by atoms with Crippen LogP contribution >= 0.6 is 11.3 Å². The van der Waals surface area contributed by atoms with Gasteiger partial charge in [-0.1, -0.05) is 6.58 Å². The Balaban J connectivity index is 1.64. The lowest BCUT2D eigenvalue weighted by Gasteiger charge is -2.33. The van der Waals surface area contributed by atoms with E-state index in [-0.39, 0.29) is 36.5 Å². The molecule has 42 heavy (non-hydrogen) atoms. The summed E-state index contributed by atoms with van der Waals surface area (Å²) in [5.74, 6) is -1.89. The minimum absolute atomic E-state index is 0.0122. The van der Waals surface area contributed by atoms with Crippen molar-refractivity contribution in [3.63, 3.8) is 0 Å². The first-order chi connectivity index (χ1) is 20.3. The van der Waals surface area contributed by atoms with E-state index in [1.165, 1.54) is 17.4 Å². The average Bonchev–Trinajstić information content (AvgIpc) is 3.62. The van der Waals surface area contributed by atoms with Crippen LogP contribution in [0.15, 0.2) is 54.6 Å². The van der Waals surface area contributed by atoms with Crippen LogP contribution < -0.4 is 4.74 Å². The van der Waals surface area contributed by atoms with Gasteiger partial charge in [0, 0.05) is 39.4 Å². The Kier molecular flexibility index (Phi) is 7.25. The number of nitrogens with zero attached hydrogens (tertiary/aromatic N) is 6. The SMILES string of the molecule is C=CC(=O)N1Cc2cc(-c3nc(-c4cnnc(C)c4)c4ccsc4c3-c3c(F)cc(F)cc3OCCO)nn2CC1C. The molecule has 5 aromatic rings. The summed E-state index contributed by atoms with van der Waals surface area (Å²) in [4.78, 5) is 19.2. The molecule has 9 nitrogen and oxygen atoms in total. The molecule has 0 spiro atoms. The number of fused-ring (bicyclic) bond motifs is 2. The Morgan fingerprint density at radius 2 is 2.07 bits per heavy atom. The Morgan fingerprint density at radius 3 is 2.83 bits per heavy atom. The fraction of sp³-hybridized carbons (Fsp3) is 0.233. The van der Waals surface area contributed by atoms with Crippen LogP contribution in [0.25, 0.3) is 43.9 Å². The van der Waals surface area contributed by atoms with Crippen LogP contribution in [-0.2, 0) is 17.9 Å². The molecule has 4 aromatic heterocycles. The molecule has 1 amide bonds. The predicted octanol–water partition coefficient (Wildman–Crippen LogP) is 5.16. The fourth-order valence-electron chi connectivity index (χ4n) is 5.28. The predicted molar refractivity (Wildman–Crippen MR) is 155 cm³/mol. The monoisotopic (exact) mass is 588 g/mol. The van der Waals surface area contributed by atoms with E-state index in [9.17, 15) is 14.3 Å². The summed E-state index contributed by atoms with van der Waals surface area (Å²) in [7, 11) is 0. The summed E-state index contributed by atoms with van der Waals surface area (Å²) in [6, 6.07) is 7.35. The number of pyridine rings is 1. The molecular formula is C30H26F2N6O3S. The van der Waals surface area contributed by atoms with Gasteiger partial charge in [-0.2, -0.15) is 15.3 Å². The van der Waals surface area contributed by atoms with Gasteiger partial charge in [0.2, 0.25) is 5.91 Å². The van der Waals surface area contributed by atoms with E-state index in [0.29, 0.717) is 46.1 Å². The van der Waals surface area contributed by atoms with Crippen LogP contribution in [0.4, 0.5) is 8.78 Å². The summed E-state index contributed by atoms with van der Waals surface area (Å²) in [6.45, 7) is 7.64. The second-order valence-electron chi connectivity index (χ2n) is 9.99. The van der Waals surface area contributed by atoms with Crippen molar-refractivity contribution < 1.29 is 23.4 Å². The number of aryl methyl sites for hydroxylation is 1. The van der Waals surface area contributed by atoms with Crippen molar-refractivity contribution in [1.29, 1.82) is 0 Å². The topological polar surface area (TPSA) is 106 Å². The lowest BCUT2D eigenvalue weighted by Crippen LogP contribution is -2.44. The number of aliphatic hydroxyl groups is 1. The molecule has 5 heterocycles. The van der Waals surface area contributed by atoms with E-state index in [4.69, 9.17) is 14.8 Å². The van der Waals surface area contributed by atoms with Crippen LogP contribution in [0.2, 0.25) is 0 Å². The van der Waals surface area contributed by atoms with Crippen molar-refractivity contribution in [1.82, 2.24) is 29.9 Å². The van der Waals surface area contributed by atoms with Crippen molar-refractivity contribution in [3.05, 3.63) is 77.6 Å².